The number of amides is 5. The second kappa shape index (κ2) is 24.7. The van der Waals surface area contributed by atoms with Crippen LogP contribution in [0.2, 0.25) is 0 Å². The Bertz CT molecular complexity index is 1250. The van der Waals surface area contributed by atoms with E-state index in [0.29, 0.717) is 12.8 Å². The van der Waals surface area contributed by atoms with Gasteiger partial charge in [-0.1, -0.05) is 20.3 Å². The Hall–Kier alpha value is -5.41. The second-order valence-corrected chi connectivity index (χ2v) is 11.9. The maximum Gasteiger partial charge on any atom is 0.326 e. The molecule has 0 aromatic carbocycles. The molecule has 0 aliphatic rings. The monoisotopic (exact) mass is 727 g/mol. The van der Waals surface area contributed by atoms with Gasteiger partial charge in [-0.05, 0) is 50.9 Å². The van der Waals surface area contributed by atoms with Crippen LogP contribution >= 0.6 is 0 Å². The molecule has 0 aromatic rings. The van der Waals surface area contributed by atoms with Gasteiger partial charge in [0, 0.05) is 26.1 Å². The Labute approximate surface area is 296 Å². The van der Waals surface area contributed by atoms with Gasteiger partial charge in [-0.2, -0.15) is 0 Å². The molecule has 0 heterocycles. The van der Waals surface area contributed by atoms with E-state index in [1.54, 1.807) is 13.8 Å². The van der Waals surface area contributed by atoms with Crippen LogP contribution in [0.1, 0.15) is 71.6 Å². The van der Waals surface area contributed by atoms with Crippen LogP contribution in [0.3, 0.4) is 0 Å². The minimum atomic E-state index is -1.33. The van der Waals surface area contributed by atoms with E-state index in [1.165, 1.54) is 0 Å². The highest BCUT2D eigenvalue weighted by Crippen LogP contribution is 2.12. The van der Waals surface area contributed by atoms with Gasteiger partial charge in [0.15, 0.2) is 17.9 Å². The molecule has 0 spiro atoms. The predicted molar refractivity (Wildman–Crippen MR) is 191 cm³/mol. The Kier molecular flexibility index (Phi) is 22.1. The third-order valence-electron chi connectivity index (χ3n) is 7.55. The highest BCUT2D eigenvalue weighted by Gasteiger charge is 2.33. The lowest BCUT2D eigenvalue weighted by molar-refractivity contribution is -0.143. The lowest BCUT2D eigenvalue weighted by atomic mass is 9.96. The van der Waals surface area contributed by atoms with Gasteiger partial charge in [0.05, 0.1) is 6.04 Å². The van der Waals surface area contributed by atoms with E-state index in [-0.39, 0.29) is 82.5 Å². The van der Waals surface area contributed by atoms with Gasteiger partial charge in [-0.25, -0.2) is 4.79 Å². The molecule has 0 aromatic heterocycles. The van der Waals surface area contributed by atoms with Gasteiger partial charge in [0.2, 0.25) is 29.5 Å². The third kappa shape index (κ3) is 20.6. The normalized spacial score (nSPS) is 14.2. The number of hydrogen-bond acceptors (Lipinski definition) is 10. The molecule has 0 aliphatic carbocycles. The molecule has 21 N–H and O–H groups in total. The summed E-state index contributed by atoms with van der Waals surface area (Å²) in [6.45, 7) is 3.90. The maximum atomic E-state index is 13.7. The Morgan fingerprint density at radius 2 is 1.00 bits per heavy atom. The molecule has 0 saturated heterocycles. The van der Waals surface area contributed by atoms with Crippen LogP contribution in [-0.2, 0) is 28.8 Å². The van der Waals surface area contributed by atoms with E-state index < -0.39 is 71.6 Å². The number of carbonyl (C=O) groups excluding carboxylic acids is 5. The third-order valence-corrected chi connectivity index (χ3v) is 7.55. The number of carboxylic acids is 1. The fraction of sp³-hybridized carbons (Fsp3) is 0.690. The van der Waals surface area contributed by atoms with Crippen molar-refractivity contribution < 1.29 is 33.9 Å². The van der Waals surface area contributed by atoms with Crippen LogP contribution < -0.4 is 67.1 Å². The van der Waals surface area contributed by atoms with E-state index in [1.807, 2.05) is 0 Å². The summed E-state index contributed by atoms with van der Waals surface area (Å²) in [6.07, 6.45) is 0.866. The number of aliphatic imine (C=N–C) groups is 3. The lowest BCUT2D eigenvalue weighted by Gasteiger charge is -2.28. The average molecular weight is 728 g/mol. The SMILES string of the molecule is CC[C@H](C)[C@H](NC(=O)[C@H](CCCN=C(N)N)NC(=O)[C@H](CCC(N)=O)NC(=O)[C@@H](N)CCCN=C(N)N)C(=O)N[C@@H](CCCN=C(N)N)C(=O)O. The van der Waals surface area contributed by atoms with Crippen molar-refractivity contribution in [1.29, 1.82) is 0 Å². The first-order valence-corrected chi connectivity index (χ1v) is 16.5. The zero-order valence-corrected chi connectivity index (χ0v) is 29.3. The van der Waals surface area contributed by atoms with Gasteiger partial charge >= 0.3 is 5.97 Å². The smallest absolute Gasteiger partial charge is 0.326 e. The molecule has 290 valence electrons. The number of guanidine groups is 3. The van der Waals surface area contributed by atoms with Crippen molar-refractivity contribution in [2.45, 2.75) is 102 Å². The minimum Gasteiger partial charge on any atom is -0.480 e. The number of aliphatic carboxylic acids is 1. The van der Waals surface area contributed by atoms with Crippen LogP contribution in [0.4, 0.5) is 0 Å². The highest BCUT2D eigenvalue weighted by atomic mass is 16.4. The van der Waals surface area contributed by atoms with Gasteiger partial charge in [-0.15, -0.1) is 0 Å². The number of carbonyl (C=O) groups is 6. The molecule has 0 aliphatic heterocycles. The summed E-state index contributed by atoms with van der Waals surface area (Å²) in [5, 5.41) is 19.8. The predicted octanol–water partition coefficient (Wildman–Crippen LogP) is -5.19. The molecule has 0 unspecified atom stereocenters. The lowest BCUT2D eigenvalue weighted by Crippen LogP contribution is -2.59. The summed E-state index contributed by atoms with van der Waals surface area (Å²) in [7, 11) is 0. The fourth-order valence-electron chi connectivity index (χ4n) is 4.51. The molecule has 5 amide bonds. The van der Waals surface area contributed by atoms with E-state index in [2.05, 4.69) is 36.2 Å². The van der Waals surface area contributed by atoms with E-state index >= 15 is 0 Å². The van der Waals surface area contributed by atoms with Crippen LogP contribution in [0.25, 0.3) is 0 Å². The van der Waals surface area contributed by atoms with Crippen molar-refractivity contribution in [2.24, 2.45) is 66.8 Å². The summed E-state index contributed by atoms with van der Waals surface area (Å²) in [4.78, 5) is 88.4. The van der Waals surface area contributed by atoms with Crippen molar-refractivity contribution in [3.8, 4) is 0 Å². The molecule has 6 atom stereocenters. The topological polar surface area (TPSA) is 416 Å². The maximum absolute atomic E-state index is 13.7. The highest BCUT2D eigenvalue weighted by molar-refractivity contribution is 5.95. The van der Waals surface area contributed by atoms with Gasteiger partial charge in [0.1, 0.15) is 24.2 Å². The number of hydrogen-bond donors (Lipinski definition) is 13. The summed E-state index contributed by atoms with van der Waals surface area (Å²) >= 11 is 0. The summed E-state index contributed by atoms with van der Waals surface area (Å²) in [6, 6.07) is -6.19. The summed E-state index contributed by atoms with van der Waals surface area (Å²) in [5.41, 5.74) is 43.3. The Morgan fingerprint density at radius 1 is 0.588 bits per heavy atom. The van der Waals surface area contributed by atoms with Crippen LogP contribution in [-0.4, -0.2) is 108 Å². The molecule has 22 heteroatoms. The molecular weight excluding hydrogens is 670 g/mol. The quantitative estimate of drug-likeness (QED) is 0.0225. The van der Waals surface area contributed by atoms with Crippen LogP contribution in [0.5, 0.6) is 0 Å². The van der Waals surface area contributed by atoms with Gasteiger partial charge in [-0.3, -0.25) is 38.9 Å². The van der Waals surface area contributed by atoms with Crippen LogP contribution in [0.15, 0.2) is 15.0 Å². The molecule has 0 saturated carbocycles. The number of nitrogens with one attached hydrogen (secondary N) is 4. The average Bonchev–Trinajstić information content (AvgIpc) is 3.04. The molecule has 0 fully saturated rings. The van der Waals surface area contributed by atoms with Crippen molar-refractivity contribution in [3.05, 3.63) is 0 Å². The fourth-order valence-corrected chi connectivity index (χ4v) is 4.51. The number of carboxylic acid groups (broad SMARTS) is 1. The van der Waals surface area contributed by atoms with E-state index in [4.69, 9.17) is 45.9 Å². The van der Waals surface area contributed by atoms with Crippen molar-refractivity contribution in [1.82, 2.24) is 21.3 Å². The molecule has 0 radical (unpaired) electrons. The molecule has 51 heavy (non-hydrogen) atoms. The number of nitrogens with two attached hydrogens (primary N) is 8. The molecule has 0 rings (SSSR count). The summed E-state index contributed by atoms with van der Waals surface area (Å²) < 4.78 is 0. The number of nitrogens with zero attached hydrogens (tertiary/aromatic N) is 3. The zero-order valence-electron chi connectivity index (χ0n) is 29.3. The molecule has 0 bridgehead atoms. The van der Waals surface area contributed by atoms with Crippen molar-refractivity contribution in [3.63, 3.8) is 0 Å². The molecular formula is C29H57N15O7. The first kappa shape index (κ1) is 45.6. The second-order valence-electron chi connectivity index (χ2n) is 11.9. The van der Waals surface area contributed by atoms with E-state index in [9.17, 15) is 33.9 Å². The van der Waals surface area contributed by atoms with Gasteiger partial charge in [0.25, 0.3) is 0 Å². The van der Waals surface area contributed by atoms with Crippen molar-refractivity contribution in [2.75, 3.05) is 19.6 Å². The minimum absolute atomic E-state index is 0.000830. The Balaban J connectivity index is 6.10. The first-order valence-electron chi connectivity index (χ1n) is 16.5. The van der Waals surface area contributed by atoms with Crippen LogP contribution in [0, 0.1) is 5.92 Å². The summed E-state index contributed by atoms with van der Waals surface area (Å²) in [5.74, 6) is -6.09. The Morgan fingerprint density at radius 3 is 1.45 bits per heavy atom. The zero-order chi connectivity index (χ0) is 39.1. The van der Waals surface area contributed by atoms with Crippen molar-refractivity contribution >= 4 is 53.4 Å². The van der Waals surface area contributed by atoms with Gasteiger partial charge < -0.3 is 72.2 Å². The standard InChI is InChI=1S/C29H57N15O7/c1-3-15(2)21(25(49)43-19(26(50)51)9-6-14-40-29(36)37)44-24(48)17(8-5-13-39-28(34)35)42-23(47)18(10-11-20(31)45)41-22(46)16(30)7-4-12-38-27(32)33/h15-19,21H,3-14,30H2,1-2H3,(H2,31,45)(H,41,46)(H,42,47)(H,43,49)(H,44,48)(H,50,51)(H4,32,33,38)(H4,34,35,39)(H4,36,37,40)/t15-,16-,17-,18-,19-,21-/m0/s1. The number of primary amides is 1. The first-order chi connectivity index (χ1) is 23.9. The molecule has 22 nitrogen and oxygen atoms in total. The largest absolute Gasteiger partial charge is 0.480 e. The number of rotatable bonds is 26. The van der Waals surface area contributed by atoms with E-state index in [0.717, 1.165) is 0 Å².